The molecule has 12 heteroatoms. The van der Waals surface area contributed by atoms with Crippen LogP contribution in [0.5, 0.6) is 5.75 Å². The molecule has 2 aliphatic rings. The highest BCUT2D eigenvalue weighted by Gasteiger charge is 2.34. The molecule has 4 rings (SSSR count). The zero-order chi connectivity index (χ0) is 28.7. The third kappa shape index (κ3) is 7.74. The summed E-state index contributed by atoms with van der Waals surface area (Å²) in [6, 6.07) is 4.87. The van der Waals surface area contributed by atoms with Crippen molar-refractivity contribution in [3.63, 3.8) is 0 Å². The van der Waals surface area contributed by atoms with E-state index in [9.17, 15) is 18.0 Å². The van der Waals surface area contributed by atoms with Gasteiger partial charge in [0.2, 0.25) is 0 Å². The van der Waals surface area contributed by atoms with Crippen molar-refractivity contribution >= 4 is 23.8 Å². The number of rotatable bonds is 6. The SMILES string of the molecule is CCN1CCN(Cc2ccc(NC(=O)NC3C=C(C#Cc4cnc(N)c(OC)c4)CC=N3)cc2C(F)(F)F)CC1. The number of carbonyl (C=O) groups is 1. The number of carbonyl (C=O) groups excluding carboxylic acids is 1. The highest BCUT2D eigenvalue weighted by Crippen LogP contribution is 2.34. The molecule has 40 heavy (non-hydrogen) atoms. The van der Waals surface area contributed by atoms with Crippen LogP contribution in [0.15, 0.2) is 47.1 Å². The number of nitrogen functional groups attached to an aromatic ring is 1. The van der Waals surface area contributed by atoms with Gasteiger partial charge in [-0.25, -0.2) is 9.78 Å². The van der Waals surface area contributed by atoms with Crippen molar-refractivity contribution in [1.82, 2.24) is 20.1 Å². The van der Waals surface area contributed by atoms with Gasteiger partial charge < -0.3 is 26.0 Å². The summed E-state index contributed by atoms with van der Waals surface area (Å²) in [6.07, 6.45) is 0.0162. The maximum atomic E-state index is 13.9. The molecule has 0 saturated carbocycles. The van der Waals surface area contributed by atoms with Gasteiger partial charge in [-0.3, -0.25) is 9.89 Å². The third-order valence-corrected chi connectivity index (χ3v) is 6.66. The summed E-state index contributed by atoms with van der Waals surface area (Å²) >= 11 is 0. The number of piperazine rings is 1. The number of pyridine rings is 1. The summed E-state index contributed by atoms with van der Waals surface area (Å²) in [4.78, 5) is 25.1. The summed E-state index contributed by atoms with van der Waals surface area (Å²) in [5, 5.41) is 5.13. The molecule has 0 radical (unpaired) electrons. The van der Waals surface area contributed by atoms with Crippen LogP contribution >= 0.6 is 0 Å². The summed E-state index contributed by atoms with van der Waals surface area (Å²) in [5.74, 6) is 6.66. The Balaban J connectivity index is 1.39. The number of likely N-dealkylation sites (N-methyl/N-ethyl adjacent to an activating group) is 1. The highest BCUT2D eigenvalue weighted by molar-refractivity contribution is 5.90. The van der Waals surface area contributed by atoms with Gasteiger partial charge in [0.15, 0.2) is 11.6 Å². The maximum Gasteiger partial charge on any atom is 0.416 e. The first-order valence-corrected chi connectivity index (χ1v) is 12.9. The van der Waals surface area contributed by atoms with E-state index in [1.54, 1.807) is 18.4 Å². The average Bonchev–Trinajstić information content (AvgIpc) is 2.93. The van der Waals surface area contributed by atoms with Gasteiger partial charge in [-0.05, 0) is 30.3 Å². The van der Waals surface area contributed by atoms with Crippen molar-refractivity contribution in [3.05, 3.63) is 58.8 Å². The molecule has 1 aromatic heterocycles. The van der Waals surface area contributed by atoms with Crippen LogP contribution in [0.3, 0.4) is 0 Å². The smallest absolute Gasteiger partial charge is 0.416 e. The lowest BCUT2D eigenvalue weighted by Gasteiger charge is -2.34. The predicted octanol–water partition coefficient (Wildman–Crippen LogP) is 3.73. The Morgan fingerprint density at radius 3 is 2.62 bits per heavy atom. The minimum absolute atomic E-state index is 0.0398. The van der Waals surface area contributed by atoms with E-state index in [0.717, 1.165) is 25.7 Å². The Labute approximate surface area is 231 Å². The molecule has 1 fully saturated rings. The molecule has 1 aromatic carbocycles. The van der Waals surface area contributed by atoms with Crippen LogP contribution in [0.2, 0.25) is 0 Å². The first kappa shape index (κ1) is 28.9. The number of halogens is 3. The molecule has 2 aromatic rings. The fourth-order valence-electron chi connectivity index (χ4n) is 4.44. The molecular formula is C28H32F3N7O2. The molecular weight excluding hydrogens is 523 g/mol. The van der Waals surface area contributed by atoms with Crippen molar-refractivity contribution in [3.8, 4) is 17.6 Å². The molecule has 3 heterocycles. The number of alkyl halides is 3. The number of methoxy groups -OCH3 is 1. The van der Waals surface area contributed by atoms with Crippen LogP contribution in [-0.2, 0) is 12.7 Å². The number of anilines is 2. The normalized spacial score (nSPS) is 17.9. The lowest BCUT2D eigenvalue weighted by atomic mass is 10.0. The monoisotopic (exact) mass is 555 g/mol. The predicted molar refractivity (Wildman–Crippen MR) is 148 cm³/mol. The number of allylic oxidation sites excluding steroid dienone is 1. The Hall–Kier alpha value is -4.08. The minimum Gasteiger partial charge on any atom is -0.493 e. The van der Waals surface area contributed by atoms with Gasteiger partial charge in [0.05, 0.1) is 12.7 Å². The van der Waals surface area contributed by atoms with Crippen LogP contribution in [0, 0.1) is 11.8 Å². The van der Waals surface area contributed by atoms with E-state index in [1.807, 2.05) is 4.90 Å². The Kier molecular flexibility index (Phi) is 9.29. The van der Waals surface area contributed by atoms with Gasteiger partial charge in [0.1, 0.15) is 6.17 Å². The van der Waals surface area contributed by atoms with Crippen molar-refractivity contribution < 1.29 is 22.7 Å². The van der Waals surface area contributed by atoms with E-state index in [-0.39, 0.29) is 23.6 Å². The summed E-state index contributed by atoms with van der Waals surface area (Å²) < 4.78 is 46.8. The molecule has 212 valence electrons. The van der Waals surface area contributed by atoms with Gasteiger partial charge in [0.25, 0.3) is 0 Å². The van der Waals surface area contributed by atoms with Gasteiger partial charge in [-0.1, -0.05) is 24.8 Å². The number of urea groups is 1. The number of benzene rings is 1. The van der Waals surface area contributed by atoms with E-state index in [2.05, 4.69) is 44.3 Å². The fourth-order valence-corrected chi connectivity index (χ4v) is 4.44. The second-order valence-electron chi connectivity index (χ2n) is 9.41. The van der Waals surface area contributed by atoms with E-state index < -0.39 is 23.9 Å². The second-order valence-corrected chi connectivity index (χ2v) is 9.41. The van der Waals surface area contributed by atoms with Crippen LogP contribution in [0.1, 0.15) is 30.0 Å². The third-order valence-electron chi connectivity index (χ3n) is 6.66. The lowest BCUT2D eigenvalue weighted by molar-refractivity contribution is -0.138. The van der Waals surface area contributed by atoms with Crippen molar-refractivity contribution in [2.24, 2.45) is 4.99 Å². The largest absolute Gasteiger partial charge is 0.493 e. The van der Waals surface area contributed by atoms with E-state index in [0.29, 0.717) is 36.4 Å². The number of ether oxygens (including phenoxy) is 1. The maximum absolute atomic E-state index is 13.9. The Morgan fingerprint density at radius 1 is 1.18 bits per heavy atom. The number of amides is 2. The fraction of sp³-hybridized carbons (Fsp3) is 0.393. The quantitative estimate of drug-likeness (QED) is 0.469. The molecule has 2 aliphatic heterocycles. The van der Waals surface area contributed by atoms with Crippen LogP contribution < -0.4 is 21.1 Å². The number of dihydropyridines is 1. The molecule has 0 bridgehead atoms. The first-order chi connectivity index (χ1) is 19.1. The first-order valence-electron chi connectivity index (χ1n) is 12.9. The molecule has 1 unspecified atom stereocenters. The number of hydrogen-bond acceptors (Lipinski definition) is 7. The van der Waals surface area contributed by atoms with Crippen LogP contribution in [-0.4, -0.2) is 73.0 Å². The second kappa shape index (κ2) is 12.8. The minimum atomic E-state index is -4.55. The Bertz CT molecular complexity index is 1340. The number of nitrogens with two attached hydrogens (primary N) is 1. The van der Waals surface area contributed by atoms with E-state index in [4.69, 9.17) is 10.5 Å². The molecule has 1 atom stereocenters. The number of aliphatic imine (C=N–C) groups is 1. The zero-order valence-electron chi connectivity index (χ0n) is 22.4. The molecule has 4 N–H and O–H groups in total. The summed E-state index contributed by atoms with van der Waals surface area (Å²) in [6.45, 7) is 6.27. The van der Waals surface area contributed by atoms with Crippen molar-refractivity contribution in [2.75, 3.05) is 50.9 Å². The topological polar surface area (TPSA) is 108 Å². The zero-order valence-corrected chi connectivity index (χ0v) is 22.4. The van der Waals surface area contributed by atoms with Gasteiger partial charge in [0, 0.05) is 74.4 Å². The van der Waals surface area contributed by atoms with Crippen molar-refractivity contribution in [1.29, 1.82) is 0 Å². The molecule has 1 saturated heterocycles. The van der Waals surface area contributed by atoms with Crippen LogP contribution in [0.25, 0.3) is 0 Å². The molecule has 0 aliphatic carbocycles. The van der Waals surface area contributed by atoms with Gasteiger partial charge >= 0.3 is 12.2 Å². The van der Waals surface area contributed by atoms with E-state index in [1.165, 1.54) is 25.4 Å². The Morgan fingerprint density at radius 2 is 1.93 bits per heavy atom. The van der Waals surface area contributed by atoms with Gasteiger partial charge in [-0.2, -0.15) is 13.2 Å². The highest BCUT2D eigenvalue weighted by atomic mass is 19.4. The van der Waals surface area contributed by atoms with E-state index >= 15 is 0 Å². The average molecular weight is 556 g/mol. The number of aromatic nitrogens is 1. The molecule has 9 nitrogen and oxygen atoms in total. The van der Waals surface area contributed by atoms with Gasteiger partial charge in [-0.15, -0.1) is 0 Å². The summed E-state index contributed by atoms with van der Waals surface area (Å²) in [5.41, 5.74) is 6.49. The standard InChI is InChI=1S/C28H32F3N7O2/c1-3-37-10-12-38(13-11-37)18-21-6-7-22(16-23(21)28(29,30)31)35-27(39)36-25-15-19(8-9-33-25)4-5-20-14-24(40-2)26(32)34-17-20/h6-7,9,14-17,25H,3,8,10-13,18H2,1-2H3,(H2,32,34)(H2,35,36,39). The molecule has 0 spiro atoms. The number of nitrogens with zero attached hydrogens (tertiary/aromatic N) is 4. The lowest BCUT2D eigenvalue weighted by Crippen LogP contribution is -2.45. The number of nitrogens with one attached hydrogen (secondary N) is 2. The molecule has 2 amide bonds. The van der Waals surface area contributed by atoms with Crippen molar-refractivity contribution in [2.45, 2.75) is 32.2 Å². The van der Waals surface area contributed by atoms with Crippen LogP contribution in [0.4, 0.5) is 29.5 Å². The number of hydrogen-bond donors (Lipinski definition) is 3. The summed E-state index contributed by atoms with van der Waals surface area (Å²) in [7, 11) is 1.49.